The summed E-state index contributed by atoms with van der Waals surface area (Å²) >= 11 is 0. The number of hydrogen-bond acceptors (Lipinski definition) is 8. The van der Waals surface area contributed by atoms with Crippen molar-refractivity contribution in [3.63, 3.8) is 0 Å². The van der Waals surface area contributed by atoms with Gasteiger partial charge in [0.1, 0.15) is 34.4 Å². The second-order valence-electron chi connectivity index (χ2n) is 9.67. The summed E-state index contributed by atoms with van der Waals surface area (Å²) in [5.41, 5.74) is 10.9. The summed E-state index contributed by atoms with van der Waals surface area (Å²) in [5, 5.41) is 4.85. The Hall–Kier alpha value is -3.95. The lowest BCUT2D eigenvalue weighted by Gasteiger charge is -2.23. The predicted octanol–water partition coefficient (Wildman–Crippen LogP) is 4.59. The average Bonchev–Trinajstić information content (AvgIpc) is 3.27. The highest BCUT2D eigenvalue weighted by Crippen LogP contribution is 2.39. The monoisotopic (exact) mass is 476 g/mol. The van der Waals surface area contributed by atoms with Crippen molar-refractivity contribution < 1.29 is 9.26 Å². The van der Waals surface area contributed by atoms with Crippen LogP contribution in [0.2, 0.25) is 0 Å². The van der Waals surface area contributed by atoms with E-state index in [1.54, 1.807) is 7.11 Å². The van der Waals surface area contributed by atoms with E-state index in [0.29, 0.717) is 46.0 Å². The number of nitrogens with one attached hydrogen (secondary N) is 1. The number of hydrogen-bond donors (Lipinski definition) is 2. The molecule has 0 amide bonds. The fourth-order valence-corrected chi connectivity index (χ4v) is 4.08. The molecule has 10 nitrogen and oxygen atoms in total. The van der Waals surface area contributed by atoms with Gasteiger partial charge in [-0.25, -0.2) is 15.0 Å². The number of amidine groups is 1. The van der Waals surface area contributed by atoms with E-state index in [0.717, 1.165) is 27.7 Å². The molecule has 35 heavy (non-hydrogen) atoms. The summed E-state index contributed by atoms with van der Waals surface area (Å²) in [4.78, 5) is 24.5. The molecule has 0 aliphatic rings. The molecule has 0 saturated carbocycles. The van der Waals surface area contributed by atoms with Crippen LogP contribution < -0.4 is 15.4 Å². The van der Waals surface area contributed by atoms with Gasteiger partial charge in [0.25, 0.3) is 0 Å². The van der Waals surface area contributed by atoms with Gasteiger partial charge in [-0.15, -0.1) is 0 Å². The molecule has 3 N–H and O–H groups in total. The summed E-state index contributed by atoms with van der Waals surface area (Å²) in [7, 11) is 3.51. The minimum Gasteiger partial charge on any atom is -0.481 e. The van der Waals surface area contributed by atoms with Gasteiger partial charge in [0.2, 0.25) is 5.88 Å². The maximum absolute atomic E-state index is 6.04. The van der Waals surface area contributed by atoms with E-state index in [2.05, 4.69) is 15.1 Å². The fourth-order valence-electron chi connectivity index (χ4n) is 4.08. The van der Waals surface area contributed by atoms with E-state index in [1.165, 1.54) is 0 Å². The molecule has 0 aliphatic heterocycles. The predicted molar refractivity (Wildman–Crippen MR) is 139 cm³/mol. The van der Waals surface area contributed by atoms with Crippen molar-refractivity contribution in [2.75, 3.05) is 19.1 Å². The number of aryl methyl sites for hydroxylation is 3. The molecule has 0 radical (unpaired) electrons. The third-order valence-electron chi connectivity index (χ3n) is 5.44. The number of nitrogens with zero attached hydrogens (tertiary/aromatic N) is 6. The number of nitrogens with two attached hydrogens (primary N) is 1. The third-order valence-corrected chi connectivity index (χ3v) is 5.44. The number of likely N-dealkylation sites (N-methyl/N-ethyl adjacent to an activating group) is 1. The van der Waals surface area contributed by atoms with Crippen LogP contribution in [0.4, 0.5) is 5.82 Å². The first kappa shape index (κ1) is 24.2. The Balaban J connectivity index is 2.02. The van der Waals surface area contributed by atoms with E-state index in [9.17, 15) is 0 Å². The maximum atomic E-state index is 6.04. The van der Waals surface area contributed by atoms with E-state index < -0.39 is 0 Å². The van der Waals surface area contributed by atoms with Crippen LogP contribution in [0, 0.1) is 20.8 Å². The molecule has 4 aromatic rings. The number of methoxy groups -OCH3 is 1. The van der Waals surface area contributed by atoms with Crippen molar-refractivity contribution in [1.29, 1.82) is 0 Å². The molecule has 4 rings (SSSR count). The Bertz CT molecular complexity index is 1460. The number of aromatic nitrogens is 5. The molecule has 0 spiro atoms. The molecule has 0 saturated heterocycles. The lowest BCUT2D eigenvalue weighted by molar-refractivity contribution is 0.392. The lowest BCUT2D eigenvalue weighted by atomic mass is 10.0. The number of aliphatic imine (C=N–C) groups is 1. The smallest absolute Gasteiger partial charge is 0.221 e. The number of pyridine rings is 1. The Morgan fingerprint density at radius 2 is 1.91 bits per heavy atom. The first-order valence-corrected chi connectivity index (χ1v) is 11.3. The number of aromatic amines is 1. The minimum absolute atomic E-state index is 0.318. The lowest BCUT2D eigenvalue weighted by Crippen LogP contribution is -2.30. The molecule has 0 atom stereocenters. The summed E-state index contributed by atoms with van der Waals surface area (Å²) in [5.74, 6) is 3.13. The second-order valence-corrected chi connectivity index (χ2v) is 9.67. The quantitative estimate of drug-likeness (QED) is 0.323. The fraction of sp³-hybridized carbons (Fsp3) is 0.400. The van der Waals surface area contributed by atoms with Crippen LogP contribution in [-0.2, 0) is 0 Å². The molecule has 0 aromatic carbocycles. The van der Waals surface area contributed by atoms with Gasteiger partial charge in [0.15, 0.2) is 0 Å². The first-order valence-electron chi connectivity index (χ1n) is 11.3. The number of allylic oxidation sites excluding steroid dienone is 1. The molecule has 0 bridgehead atoms. The number of ether oxygens (including phenoxy) is 1. The molecule has 0 unspecified atom stereocenters. The Morgan fingerprint density at radius 3 is 2.49 bits per heavy atom. The number of H-pyrrole nitrogens is 1. The van der Waals surface area contributed by atoms with E-state index in [4.69, 9.17) is 30.0 Å². The van der Waals surface area contributed by atoms with Crippen LogP contribution in [0.1, 0.15) is 45.0 Å². The van der Waals surface area contributed by atoms with Crippen molar-refractivity contribution in [2.24, 2.45) is 10.7 Å². The number of rotatable bonds is 4. The second kappa shape index (κ2) is 8.68. The van der Waals surface area contributed by atoms with Gasteiger partial charge in [0.05, 0.1) is 40.4 Å². The van der Waals surface area contributed by atoms with Gasteiger partial charge >= 0.3 is 0 Å². The summed E-state index contributed by atoms with van der Waals surface area (Å²) in [6.07, 6.45) is 1.84. The topological polar surface area (TPSA) is 131 Å². The molecule has 184 valence electrons. The highest BCUT2D eigenvalue weighted by atomic mass is 16.5. The van der Waals surface area contributed by atoms with E-state index >= 15 is 0 Å². The molecule has 4 aromatic heterocycles. The van der Waals surface area contributed by atoms with E-state index in [1.807, 2.05) is 72.6 Å². The van der Waals surface area contributed by atoms with Gasteiger partial charge < -0.3 is 24.9 Å². The van der Waals surface area contributed by atoms with Crippen molar-refractivity contribution in [2.45, 2.75) is 54.0 Å². The zero-order valence-corrected chi connectivity index (χ0v) is 21.7. The van der Waals surface area contributed by atoms with Gasteiger partial charge in [-0.05, 0) is 60.6 Å². The molecular weight excluding hydrogens is 444 g/mol. The van der Waals surface area contributed by atoms with Crippen molar-refractivity contribution in [3.8, 4) is 17.0 Å². The van der Waals surface area contributed by atoms with Crippen LogP contribution in [-0.4, -0.2) is 50.6 Å². The summed E-state index contributed by atoms with van der Waals surface area (Å²) < 4.78 is 11.1. The van der Waals surface area contributed by atoms with Gasteiger partial charge in [-0.3, -0.25) is 4.99 Å². The third kappa shape index (κ3) is 4.55. The normalized spacial score (nSPS) is 13.2. The Kier molecular flexibility index (Phi) is 6.00. The zero-order chi connectivity index (χ0) is 25.7. The van der Waals surface area contributed by atoms with Crippen LogP contribution >= 0.6 is 0 Å². The van der Waals surface area contributed by atoms with Crippen LogP contribution in [0.5, 0.6) is 5.88 Å². The Labute approximate surface area is 204 Å². The maximum Gasteiger partial charge on any atom is 0.221 e. The highest BCUT2D eigenvalue weighted by molar-refractivity contribution is 6.15. The number of anilines is 1. The van der Waals surface area contributed by atoms with Crippen molar-refractivity contribution in [1.82, 2.24) is 25.1 Å². The van der Waals surface area contributed by atoms with E-state index in [-0.39, 0.29) is 5.54 Å². The zero-order valence-electron chi connectivity index (χ0n) is 21.7. The van der Waals surface area contributed by atoms with Gasteiger partial charge in [-0.1, -0.05) is 5.16 Å². The van der Waals surface area contributed by atoms with Crippen molar-refractivity contribution >= 4 is 33.7 Å². The first-order chi connectivity index (χ1) is 16.4. The molecule has 0 aliphatic carbocycles. The van der Waals surface area contributed by atoms with Gasteiger partial charge in [-0.2, -0.15) is 0 Å². The van der Waals surface area contributed by atoms with Crippen LogP contribution in [0.3, 0.4) is 0 Å². The van der Waals surface area contributed by atoms with Crippen LogP contribution in [0.25, 0.3) is 33.2 Å². The molecule has 4 heterocycles. The standard InChI is InChI=1S/C25H32N8O2/c1-12(26)10-18(31-25(5,6)7)33(8)23-20-21-17(29-22(20)27-15(4)28-23)11-16(24(30-21)34-9)19-13(2)32-35-14(19)3/h10-11H,26H2,1-9H3,(H,27,28,29). The van der Waals surface area contributed by atoms with Gasteiger partial charge in [0, 0.05) is 12.7 Å². The van der Waals surface area contributed by atoms with Crippen LogP contribution in [0.15, 0.2) is 27.4 Å². The summed E-state index contributed by atoms with van der Waals surface area (Å²) in [6, 6.07) is 1.99. The summed E-state index contributed by atoms with van der Waals surface area (Å²) in [6.45, 7) is 13.6. The molecule has 0 fully saturated rings. The average molecular weight is 477 g/mol. The minimum atomic E-state index is -0.318. The highest BCUT2D eigenvalue weighted by Gasteiger charge is 2.24. The molecule has 10 heteroatoms. The SMILES string of the molecule is COc1nc2c(cc1-c1c(C)noc1C)[nH]c1nc(C)nc(N(C)C(C=C(C)N)=NC(C)(C)C)c12. The molecular formula is C25H32N8O2. The largest absolute Gasteiger partial charge is 0.481 e. The number of fused-ring (bicyclic) bond motifs is 3. The Morgan fingerprint density at radius 1 is 1.20 bits per heavy atom. The van der Waals surface area contributed by atoms with Crippen molar-refractivity contribution in [3.05, 3.63) is 35.1 Å².